The third kappa shape index (κ3) is 2.71. The minimum Gasteiger partial charge on any atom is -0.512 e. The highest BCUT2D eigenvalue weighted by atomic mass is 16.3. The maximum Gasteiger partial charge on any atom is 0.113 e. The van der Waals surface area contributed by atoms with E-state index in [1.807, 2.05) is 49.4 Å². The van der Waals surface area contributed by atoms with Crippen molar-refractivity contribution in [2.75, 3.05) is 0 Å². The van der Waals surface area contributed by atoms with Crippen molar-refractivity contribution in [3.63, 3.8) is 0 Å². The number of benzene rings is 2. The molecule has 3 N–H and O–H groups in total. The Morgan fingerprint density at radius 2 is 1.82 bits per heavy atom. The highest BCUT2D eigenvalue weighted by molar-refractivity contribution is 5.73. The van der Waals surface area contributed by atoms with Crippen LogP contribution in [-0.4, -0.2) is 20.1 Å². The van der Waals surface area contributed by atoms with E-state index in [4.69, 9.17) is 5.73 Å². The first-order chi connectivity index (χ1) is 10.7. The second kappa shape index (κ2) is 5.99. The zero-order chi connectivity index (χ0) is 15.5. The number of aromatic nitrogens is 3. The summed E-state index contributed by atoms with van der Waals surface area (Å²) in [6, 6.07) is 13.6. The third-order valence-corrected chi connectivity index (χ3v) is 3.63. The first-order valence-corrected chi connectivity index (χ1v) is 7.19. The molecule has 0 radical (unpaired) electrons. The first kappa shape index (κ1) is 14.3. The van der Waals surface area contributed by atoms with Gasteiger partial charge in [-0.1, -0.05) is 18.2 Å². The molecule has 0 amide bonds. The lowest BCUT2D eigenvalue weighted by molar-refractivity contribution is 0.397. The van der Waals surface area contributed by atoms with E-state index in [9.17, 15) is 5.11 Å². The predicted octanol–water partition coefficient (Wildman–Crippen LogP) is 2.88. The van der Waals surface area contributed by atoms with Gasteiger partial charge in [-0.2, -0.15) is 4.80 Å². The molecule has 0 spiro atoms. The van der Waals surface area contributed by atoms with Gasteiger partial charge >= 0.3 is 0 Å². The summed E-state index contributed by atoms with van der Waals surface area (Å²) in [6.07, 6.45) is 2.17. The molecule has 0 aliphatic carbocycles. The molecule has 0 saturated heterocycles. The second-order valence-corrected chi connectivity index (χ2v) is 5.09. The number of nitrogens with zero attached hydrogens (tertiary/aromatic N) is 3. The van der Waals surface area contributed by atoms with Gasteiger partial charge in [-0.05, 0) is 48.4 Å². The van der Waals surface area contributed by atoms with E-state index in [0.29, 0.717) is 18.7 Å². The summed E-state index contributed by atoms with van der Waals surface area (Å²) in [5.41, 5.74) is 10.4. The molecule has 0 fully saturated rings. The van der Waals surface area contributed by atoms with Gasteiger partial charge in [-0.25, -0.2) is 0 Å². The smallest absolute Gasteiger partial charge is 0.113 e. The average molecular weight is 294 g/mol. The fourth-order valence-electron chi connectivity index (χ4n) is 2.37. The molecule has 5 nitrogen and oxygen atoms in total. The molecule has 3 aromatic rings. The van der Waals surface area contributed by atoms with Crippen molar-refractivity contribution in [2.24, 2.45) is 5.73 Å². The molecule has 0 bridgehead atoms. The number of fused-ring (bicyclic) bond motifs is 1. The van der Waals surface area contributed by atoms with E-state index in [-0.39, 0.29) is 0 Å². The van der Waals surface area contributed by atoms with Gasteiger partial charge in [0.25, 0.3) is 0 Å². The molecule has 1 heterocycles. The number of hydrogen-bond donors (Lipinski definition) is 2. The van der Waals surface area contributed by atoms with E-state index in [0.717, 1.165) is 27.8 Å². The van der Waals surface area contributed by atoms with Crippen LogP contribution in [0, 0.1) is 0 Å². The van der Waals surface area contributed by atoms with Gasteiger partial charge in [-0.15, -0.1) is 10.2 Å². The molecular formula is C17H18N4O. The Morgan fingerprint density at radius 3 is 2.41 bits per heavy atom. The quantitative estimate of drug-likeness (QED) is 0.725. The van der Waals surface area contributed by atoms with E-state index in [2.05, 4.69) is 10.2 Å². The molecule has 112 valence electrons. The van der Waals surface area contributed by atoms with Gasteiger partial charge in [0.05, 0.1) is 11.4 Å². The minimum atomic E-state index is 0.338. The zero-order valence-corrected chi connectivity index (χ0v) is 12.4. The maximum absolute atomic E-state index is 9.70. The fraction of sp³-hybridized carbons (Fsp3) is 0.176. The topological polar surface area (TPSA) is 77.0 Å². The van der Waals surface area contributed by atoms with Crippen LogP contribution in [-0.2, 0) is 13.0 Å². The van der Waals surface area contributed by atoms with Crippen LogP contribution in [0.3, 0.4) is 0 Å². The molecule has 3 rings (SSSR count). The van der Waals surface area contributed by atoms with E-state index in [1.165, 1.54) is 0 Å². The lowest BCUT2D eigenvalue weighted by Gasteiger charge is -2.09. The minimum absolute atomic E-state index is 0.338. The van der Waals surface area contributed by atoms with Gasteiger partial charge in [0.1, 0.15) is 11.0 Å². The molecule has 22 heavy (non-hydrogen) atoms. The van der Waals surface area contributed by atoms with Crippen molar-refractivity contribution in [1.82, 2.24) is 15.0 Å². The number of hydrogen-bond acceptors (Lipinski definition) is 4. The van der Waals surface area contributed by atoms with Crippen molar-refractivity contribution < 1.29 is 5.11 Å². The average Bonchev–Trinajstić information content (AvgIpc) is 2.99. The predicted molar refractivity (Wildman–Crippen MR) is 86.8 cm³/mol. The number of aliphatic hydroxyl groups excluding tert-OH is 1. The van der Waals surface area contributed by atoms with Crippen LogP contribution in [0.1, 0.15) is 18.1 Å². The van der Waals surface area contributed by atoms with Crippen molar-refractivity contribution in [2.45, 2.75) is 19.9 Å². The molecule has 0 saturated carbocycles. The first-order valence-electron chi connectivity index (χ1n) is 7.19. The lowest BCUT2D eigenvalue weighted by atomic mass is 10.0. The Morgan fingerprint density at radius 1 is 1.14 bits per heavy atom. The number of allylic oxidation sites excluding steroid dienone is 2. The van der Waals surface area contributed by atoms with Gasteiger partial charge in [0.2, 0.25) is 0 Å². The lowest BCUT2D eigenvalue weighted by Crippen LogP contribution is -2.06. The molecule has 2 aromatic carbocycles. The van der Waals surface area contributed by atoms with Crippen LogP contribution < -0.4 is 5.73 Å². The molecule has 5 heteroatoms. The molecule has 0 unspecified atom stereocenters. The maximum atomic E-state index is 9.70. The summed E-state index contributed by atoms with van der Waals surface area (Å²) in [6.45, 7) is 2.21. The summed E-state index contributed by atoms with van der Waals surface area (Å²) in [7, 11) is 0. The van der Waals surface area contributed by atoms with Crippen LogP contribution >= 0.6 is 0 Å². The zero-order valence-electron chi connectivity index (χ0n) is 12.4. The Labute approximate surface area is 128 Å². The monoisotopic (exact) mass is 294 g/mol. The van der Waals surface area contributed by atoms with Gasteiger partial charge in [-0.3, -0.25) is 0 Å². The summed E-state index contributed by atoms with van der Waals surface area (Å²) in [5.74, 6) is 0.338. The Hall–Kier alpha value is -2.66. The van der Waals surface area contributed by atoms with Crippen molar-refractivity contribution >= 4 is 11.0 Å². The summed E-state index contributed by atoms with van der Waals surface area (Å²) >= 11 is 0. The van der Waals surface area contributed by atoms with E-state index in [1.54, 1.807) is 10.9 Å². The summed E-state index contributed by atoms with van der Waals surface area (Å²) in [4.78, 5) is 1.61. The van der Waals surface area contributed by atoms with Crippen LogP contribution in [0.15, 0.2) is 54.3 Å². The van der Waals surface area contributed by atoms with Crippen molar-refractivity contribution in [3.8, 4) is 5.69 Å². The normalized spacial score (nSPS) is 12.0. The Kier molecular flexibility index (Phi) is 3.89. The number of rotatable bonds is 4. The van der Waals surface area contributed by atoms with Gasteiger partial charge in [0, 0.05) is 13.0 Å². The Bertz CT molecular complexity index is 803. The third-order valence-electron chi connectivity index (χ3n) is 3.63. The van der Waals surface area contributed by atoms with Crippen molar-refractivity contribution in [1.29, 1.82) is 0 Å². The molecule has 0 aliphatic heterocycles. The fourth-order valence-corrected chi connectivity index (χ4v) is 2.37. The second-order valence-electron chi connectivity index (χ2n) is 5.09. The Balaban J connectivity index is 2.01. The summed E-state index contributed by atoms with van der Waals surface area (Å²) in [5, 5.41) is 18.6. The summed E-state index contributed by atoms with van der Waals surface area (Å²) < 4.78 is 0. The molecule has 1 aromatic heterocycles. The van der Waals surface area contributed by atoms with E-state index < -0.39 is 0 Å². The SMILES string of the molecule is CC=C(O)Cc1ccc(-n2nc3ccccc3n2)cc1CN. The number of aliphatic hydroxyl groups is 1. The largest absolute Gasteiger partial charge is 0.512 e. The van der Waals surface area contributed by atoms with Crippen molar-refractivity contribution in [3.05, 3.63) is 65.4 Å². The van der Waals surface area contributed by atoms with Crippen LogP contribution in [0.25, 0.3) is 16.7 Å². The van der Waals surface area contributed by atoms with Crippen LogP contribution in [0.4, 0.5) is 0 Å². The standard InChI is InChI=1S/C17H18N4O/c1-2-15(22)10-12-7-8-14(9-13(12)11-18)21-19-16-5-3-4-6-17(16)20-21/h2-9,22H,10-11,18H2,1H3. The highest BCUT2D eigenvalue weighted by Crippen LogP contribution is 2.18. The van der Waals surface area contributed by atoms with Gasteiger partial charge < -0.3 is 10.8 Å². The highest BCUT2D eigenvalue weighted by Gasteiger charge is 2.08. The molecule has 0 aliphatic rings. The number of nitrogens with two attached hydrogens (primary N) is 1. The molecule has 0 atom stereocenters. The van der Waals surface area contributed by atoms with Crippen LogP contribution in [0.2, 0.25) is 0 Å². The van der Waals surface area contributed by atoms with Gasteiger partial charge in [0.15, 0.2) is 0 Å². The van der Waals surface area contributed by atoms with Crippen LogP contribution in [0.5, 0.6) is 0 Å². The van der Waals surface area contributed by atoms with E-state index >= 15 is 0 Å². The molecular weight excluding hydrogens is 276 g/mol.